The molecule has 1 N–H and O–H groups in total. The van der Waals surface area contributed by atoms with E-state index < -0.39 is 0 Å². The monoisotopic (exact) mass is 294 g/mol. The molecular weight excluding hydrogens is 264 g/mol. The van der Waals surface area contributed by atoms with Crippen LogP contribution in [0.25, 0.3) is 0 Å². The van der Waals surface area contributed by atoms with Crippen molar-refractivity contribution in [3.63, 3.8) is 0 Å². The Labute approximate surface area is 128 Å². The van der Waals surface area contributed by atoms with Crippen LogP contribution in [0.4, 0.5) is 5.95 Å². The lowest BCUT2D eigenvalue weighted by Gasteiger charge is -2.30. The normalized spacial score (nSPS) is 17.9. The van der Waals surface area contributed by atoms with Gasteiger partial charge in [-0.15, -0.1) is 0 Å². The number of hydrogen-bond acceptors (Lipinski definition) is 4. The van der Waals surface area contributed by atoms with Crippen molar-refractivity contribution in [3.8, 4) is 0 Å². The highest BCUT2D eigenvalue weighted by Gasteiger charge is 2.17. The number of ether oxygens (including phenoxy) is 1. The summed E-state index contributed by atoms with van der Waals surface area (Å²) in [5, 5.41) is 3.44. The lowest BCUT2D eigenvalue weighted by atomic mass is 10.1. The molecule has 21 heavy (non-hydrogen) atoms. The molecule has 1 atom stereocenters. The van der Waals surface area contributed by atoms with Crippen LogP contribution in [0.2, 0.25) is 0 Å². The molecule has 0 spiro atoms. The van der Waals surface area contributed by atoms with E-state index >= 15 is 0 Å². The first-order valence-electron chi connectivity index (χ1n) is 8.21. The molecule has 1 fully saturated rings. The summed E-state index contributed by atoms with van der Waals surface area (Å²) in [5.74, 6) is 0.994. The number of imidazole rings is 1. The minimum atomic E-state index is 0.453. The fourth-order valence-corrected chi connectivity index (χ4v) is 3.00. The van der Waals surface area contributed by atoms with E-state index in [0.29, 0.717) is 6.04 Å². The molecule has 1 aliphatic heterocycles. The Kier molecular flexibility index (Phi) is 6.51. The van der Waals surface area contributed by atoms with E-state index in [4.69, 9.17) is 4.74 Å². The molecule has 2 rings (SSSR count). The Morgan fingerprint density at radius 1 is 1.33 bits per heavy atom. The van der Waals surface area contributed by atoms with Gasteiger partial charge in [0.15, 0.2) is 0 Å². The molecule has 0 amide bonds. The van der Waals surface area contributed by atoms with Gasteiger partial charge in [0.25, 0.3) is 0 Å². The van der Waals surface area contributed by atoms with Crippen molar-refractivity contribution in [1.29, 1.82) is 0 Å². The average Bonchev–Trinajstić information content (AvgIpc) is 2.86. The van der Waals surface area contributed by atoms with Gasteiger partial charge in [-0.25, -0.2) is 4.98 Å². The Morgan fingerprint density at radius 3 is 2.81 bits per heavy atom. The molecule has 0 radical (unpaired) electrons. The smallest absolute Gasteiger partial charge is 0.203 e. The van der Waals surface area contributed by atoms with Crippen molar-refractivity contribution >= 4 is 5.95 Å². The number of aromatic nitrogens is 2. The van der Waals surface area contributed by atoms with E-state index in [2.05, 4.69) is 39.8 Å². The van der Waals surface area contributed by atoms with E-state index in [0.717, 1.165) is 37.8 Å². The van der Waals surface area contributed by atoms with Crippen LogP contribution in [0.5, 0.6) is 0 Å². The van der Waals surface area contributed by atoms with E-state index in [1.807, 2.05) is 0 Å². The van der Waals surface area contributed by atoms with E-state index in [9.17, 15) is 0 Å². The minimum absolute atomic E-state index is 0.453. The van der Waals surface area contributed by atoms with Crippen LogP contribution in [-0.2, 0) is 4.74 Å². The summed E-state index contributed by atoms with van der Waals surface area (Å²) in [5.41, 5.74) is 1.08. The zero-order valence-corrected chi connectivity index (χ0v) is 13.8. The van der Waals surface area contributed by atoms with Crippen molar-refractivity contribution < 1.29 is 4.74 Å². The molecule has 1 saturated heterocycles. The predicted octanol–water partition coefficient (Wildman–Crippen LogP) is 2.69. The number of nitrogens with one attached hydrogen (secondary N) is 1. The molecule has 1 aromatic rings. The van der Waals surface area contributed by atoms with E-state index in [-0.39, 0.29) is 0 Å². The Morgan fingerprint density at radius 2 is 2.10 bits per heavy atom. The van der Waals surface area contributed by atoms with Gasteiger partial charge < -0.3 is 19.5 Å². The van der Waals surface area contributed by atoms with Crippen LogP contribution in [0.1, 0.15) is 44.3 Å². The van der Waals surface area contributed by atoms with Crippen LogP contribution in [0.15, 0.2) is 6.20 Å². The second kappa shape index (κ2) is 8.39. The van der Waals surface area contributed by atoms with Crippen molar-refractivity contribution in [2.24, 2.45) is 0 Å². The molecule has 1 aliphatic rings. The lowest BCUT2D eigenvalue weighted by molar-refractivity contribution is 0.197. The standard InChI is InChI=1S/C16H30N4O/c1-14-12-20(16(18-14)17-8-7-11-21-3)15(2)13-19-9-5-4-6-10-19/h12,15H,4-11,13H2,1-3H3,(H,17,18). The highest BCUT2D eigenvalue weighted by molar-refractivity contribution is 5.29. The zero-order valence-electron chi connectivity index (χ0n) is 13.8. The third-order valence-corrected chi connectivity index (χ3v) is 4.11. The third kappa shape index (κ3) is 5.00. The molecule has 120 valence electrons. The maximum atomic E-state index is 5.09. The maximum absolute atomic E-state index is 5.09. The van der Waals surface area contributed by atoms with Gasteiger partial charge in [0.2, 0.25) is 5.95 Å². The summed E-state index contributed by atoms with van der Waals surface area (Å²) >= 11 is 0. The van der Waals surface area contributed by atoms with Gasteiger partial charge in [0.1, 0.15) is 0 Å². The van der Waals surface area contributed by atoms with Gasteiger partial charge in [-0.2, -0.15) is 0 Å². The highest BCUT2D eigenvalue weighted by Crippen LogP contribution is 2.19. The molecule has 1 unspecified atom stereocenters. The molecule has 5 heteroatoms. The summed E-state index contributed by atoms with van der Waals surface area (Å²) in [6.45, 7) is 9.64. The molecule has 2 heterocycles. The first-order chi connectivity index (χ1) is 10.2. The first-order valence-corrected chi connectivity index (χ1v) is 8.21. The minimum Gasteiger partial charge on any atom is -0.385 e. The topological polar surface area (TPSA) is 42.3 Å². The van der Waals surface area contributed by atoms with Gasteiger partial charge in [-0.05, 0) is 46.2 Å². The van der Waals surface area contributed by atoms with Crippen LogP contribution < -0.4 is 5.32 Å². The van der Waals surface area contributed by atoms with Crippen LogP contribution in [-0.4, -0.2) is 54.3 Å². The summed E-state index contributed by atoms with van der Waals surface area (Å²) in [6, 6.07) is 0.453. The van der Waals surface area contributed by atoms with Crippen LogP contribution >= 0.6 is 0 Å². The number of aryl methyl sites for hydroxylation is 1. The average molecular weight is 294 g/mol. The van der Waals surface area contributed by atoms with Crippen molar-refractivity contribution in [1.82, 2.24) is 14.5 Å². The van der Waals surface area contributed by atoms with Crippen molar-refractivity contribution in [3.05, 3.63) is 11.9 Å². The Bertz CT molecular complexity index is 412. The number of likely N-dealkylation sites (tertiary alicyclic amines) is 1. The molecular formula is C16H30N4O. The number of nitrogens with zero attached hydrogens (tertiary/aromatic N) is 3. The molecule has 0 bridgehead atoms. The fraction of sp³-hybridized carbons (Fsp3) is 0.812. The first kappa shape index (κ1) is 16.3. The second-order valence-corrected chi connectivity index (χ2v) is 6.10. The second-order valence-electron chi connectivity index (χ2n) is 6.10. The highest BCUT2D eigenvalue weighted by atomic mass is 16.5. The third-order valence-electron chi connectivity index (χ3n) is 4.11. The predicted molar refractivity (Wildman–Crippen MR) is 86.9 cm³/mol. The van der Waals surface area contributed by atoms with Gasteiger partial charge in [0.05, 0.1) is 5.69 Å². The lowest BCUT2D eigenvalue weighted by Crippen LogP contribution is -2.34. The van der Waals surface area contributed by atoms with E-state index in [1.165, 1.54) is 32.4 Å². The summed E-state index contributed by atoms with van der Waals surface area (Å²) in [4.78, 5) is 7.20. The summed E-state index contributed by atoms with van der Waals surface area (Å²) in [7, 11) is 1.74. The van der Waals surface area contributed by atoms with Crippen LogP contribution in [0, 0.1) is 6.92 Å². The van der Waals surface area contributed by atoms with Gasteiger partial charge in [-0.3, -0.25) is 0 Å². The molecule has 1 aromatic heterocycles. The van der Waals surface area contributed by atoms with Crippen molar-refractivity contribution in [2.75, 3.05) is 45.2 Å². The Balaban J connectivity index is 1.90. The maximum Gasteiger partial charge on any atom is 0.203 e. The van der Waals surface area contributed by atoms with Gasteiger partial charge in [0, 0.05) is 39.0 Å². The Hall–Kier alpha value is -1.07. The molecule has 5 nitrogen and oxygen atoms in total. The van der Waals surface area contributed by atoms with Crippen LogP contribution in [0.3, 0.4) is 0 Å². The number of hydrogen-bond donors (Lipinski definition) is 1. The number of anilines is 1. The SMILES string of the molecule is COCCCNc1nc(C)cn1C(C)CN1CCCCC1. The molecule has 0 aromatic carbocycles. The van der Waals surface area contributed by atoms with Crippen molar-refractivity contribution in [2.45, 2.75) is 45.6 Å². The number of piperidine rings is 1. The number of methoxy groups -OCH3 is 1. The van der Waals surface area contributed by atoms with E-state index in [1.54, 1.807) is 7.11 Å². The quantitative estimate of drug-likeness (QED) is 0.749. The molecule has 0 saturated carbocycles. The van der Waals surface area contributed by atoms with Gasteiger partial charge >= 0.3 is 0 Å². The van der Waals surface area contributed by atoms with Gasteiger partial charge in [-0.1, -0.05) is 6.42 Å². The zero-order chi connectivity index (χ0) is 15.1. The number of rotatable bonds is 8. The largest absolute Gasteiger partial charge is 0.385 e. The summed E-state index contributed by atoms with van der Waals surface area (Å²) in [6.07, 6.45) is 7.24. The summed E-state index contributed by atoms with van der Waals surface area (Å²) < 4.78 is 7.38. The fourth-order valence-electron chi connectivity index (χ4n) is 3.00. The molecule has 0 aliphatic carbocycles.